The zero-order chi connectivity index (χ0) is 11.0. The number of fused-ring (bicyclic) bond motifs is 2. The van der Waals surface area contributed by atoms with Crippen LogP contribution in [0.2, 0.25) is 0 Å². The van der Waals surface area contributed by atoms with E-state index in [1.165, 1.54) is 6.42 Å². The highest BCUT2D eigenvalue weighted by molar-refractivity contribution is 8.00. The third-order valence-corrected chi connectivity index (χ3v) is 4.69. The van der Waals surface area contributed by atoms with Gasteiger partial charge in [-0.05, 0) is 18.1 Å². The van der Waals surface area contributed by atoms with E-state index in [1.54, 1.807) is 12.4 Å². The van der Waals surface area contributed by atoms with Gasteiger partial charge < -0.3 is 4.90 Å². The van der Waals surface area contributed by atoms with Crippen LogP contribution in [-0.4, -0.2) is 39.4 Å². The van der Waals surface area contributed by atoms with Crippen molar-refractivity contribution in [2.24, 2.45) is 0 Å². The molecule has 0 unspecified atom stereocenters. The van der Waals surface area contributed by atoms with Gasteiger partial charge in [-0.15, -0.1) is 0 Å². The van der Waals surface area contributed by atoms with Crippen LogP contribution in [0.1, 0.15) is 12.0 Å². The highest BCUT2D eigenvalue weighted by atomic mass is 32.2. The minimum Gasteiger partial charge on any atom is -0.337 e. The number of hydrogen-bond donors (Lipinski definition) is 0. The van der Waals surface area contributed by atoms with E-state index in [1.807, 2.05) is 23.9 Å². The van der Waals surface area contributed by atoms with Gasteiger partial charge in [0.05, 0.1) is 6.42 Å². The van der Waals surface area contributed by atoms with Crippen LogP contribution < -0.4 is 0 Å². The summed E-state index contributed by atoms with van der Waals surface area (Å²) in [5.74, 6) is 1.39. The van der Waals surface area contributed by atoms with Crippen molar-refractivity contribution in [1.29, 1.82) is 0 Å². The van der Waals surface area contributed by atoms with Crippen molar-refractivity contribution in [1.82, 2.24) is 9.88 Å². The first-order valence-electron chi connectivity index (χ1n) is 5.63. The SMILES string of the molecule is O=C(Cc1cccnc1)N1C[C@H]2C[C@H]1CS2. The van der Waals surface area contributed by atoms with Crippen molar-refractivity contribution in [3.63, 3.8) is 0 Å². The fourth-order valence-corrected chi connectivity index (χ4v) is 3.92. The summed E-state index contributed by atoms with van der Waals surface area (Å²) in [6.45, 7) is 0.953. The van der Waals surface area contributed by atoms with Crippen LogP contribution in [-0.2, 0) is 11.2 Å². The first-order valence-corrected chi connectivity index (χ1v) is 6.68. The molecule has 0 aromatic carbocycles. The van der Waals surface area contributed by atoms with Gasteiger partial charge >= 0.3 is 0 Å². The van der Waals surface area contributed by atoms with Gasteiger partial charge in [-0.1, -0.05) is 6.07 Å². The third-order valence-electron chi connectivity index (χ3n) is 3.30. The second kappa shape index (κ2) is 4.09. The number of thioether (sulfide) groups is 1. The van der Waals surface area contributed by atoms with E-state index in [0.29, 0.717) is 17.7 Å². The Labute approximate surface area is 99.2 Å². The largest absolute Gasteiger partial charge is 0.337 e. The quantitative estimate of drug-likeness (QED) is 0.774. The molecule has 0 spiro atoms. The van der Waals surface area contributed by atoms with E-state index >= 15 is 0 Å². The van der Waals surface area contributed by atoms with Crippen molar-refractivity contribution in [3.05, 3.63) is 30.1 Å². The van der Waals surface area contributed by atoms with Crippen LogP contribution >= 0.6 is 11.8 Å². The molecule has 16 heavy (non-hydrogen) atoms. The molecule has 2 atom stereocenters. The van der Waals surface area contributed by atoms with E-state index in [-0.39, 0.29) is 5.91 Å². The molecule has 0 radical (unpaired) electrons. The van der Waals surface area contributed by atoms with Crippen LogP contribution in [0.5, 0.6) is 0 Å². The average molecular weight is 234 g/mol. The second-order valence-corrected chi connectivity index (χ2v) is 5.76. The highest BCUT2D eigenvalue weighted by Gasteiger charge is 2.40. The normalized spacial score (nSPS) is 27.4. The molecule has 1 aromatic heterocycles. The molecule has 3 nitrogen and oxygen atoms in total. The van der Waals surface area contributed by atoms with E-state index in [9.17, 15) is 4.79 Å². The number of pyridine rings is 1. The van der Waals surface area contributed by atoms with Gasteiger partial charge in [-0.25, -0.2) is 0 Å². The molecule has 3 rings (SSSR count). The minimum absolute atomic E-state index is 0.265. The minimum atomic E-state index is 0.265. The maximum atomic E-state index is 12.1. The zero-order valence-electron chi connectivity index (χ0n) is 9.00. The number of likely N-dealkylation sites (tertiary alicyclic amines) is 1. The lowest BCUT2D eigenvalue weighted by Gasteiger charge is -2.26. The Kier molecular flexibility index (Phi) is 2.59. The van der Waals surface area contributed by atoms with Gasteiger partial charge in [0, 0.05) is 36.0 Å². The molecule has 4 heteroatoms. The predicted octanol–water partition coefficient (Wildman–Crippen LogP) is 1.34. The number of aromatic nitrogens is 1. The number of carbonyl (C=O) groups is 1. The van der Waals surface area contributed by atoms with Crippen molar-refractivity contribution in [2.75, 3.05) is 12.3 Å². The lowest BCUT2D eigenvalue weighted by molar-refractivity contribution is -0.130. The summed E-state index contributed by atoms with van der Waals surface area (Å²) in [5, 5.41) is 0.697. The van der Waals surface area contributed by atoms with Crippen molar-refractivity contribution < 1.29 is 4.79 Å². The molecular formula is C12H14N2OS. The topological polar surface area (TPSA) is 33.2 Å². The Morgan fingerprint density at radius 1 is 1.62 bits per heavy atom. The standard InChI is InChI=1S/C12H14N2OS/c15-12(4-9-2-1-3-13-6-9)14-7-11-5-10(14)8-16-11/h1-3,6,10-11H,4-5,7-8H2/t10-,11+/m0/s1. The van der Waals surface area contributed by atoms with Crippen LogP contribution in [0.15, 0.2) is 24.5 Å². The Morgan fingerprint density at radius 3 is 3.19 bits per heavy atom. The fraction of sp³-hybridized carbons (Fsp3) is 0.500. The van der Waals surface area contributed by atoms with Gasteiger partial charge in [0.25, 0.3) is 0 Å². The number of hydrogen-bond acceptors (Lipinski definition) is 3. The predicted molar refractivity (Wildman–Crippen MR) is 64.3 cm³/mol. The summed E-state index contributed by atoms with van der Waals surface area (Å²) in [4.78, 5) is 18.2. The Morgan fingerprint density at radius 2 is 2.56 bits per heavy atom. The monoisotopic (exact) mass is 234 g/mol. The molecule has 0 saturated carbocycles. The lowest BCUT2D eigenvalue weighted by Crippen LogP contribution is -2.40. The van der Waals surface area contributed by atoms with Crippen LogP contribution in [0.4, 0.5) is 0 Å². The molecule has 2 fully saturated rings. The van der Waals surface area contributed by atoms with E-state index in [4.69, 9.17) is 0 Å². The van der Waals surface area contributed by atoms with Gasteiger partial charge in [0.2, 0.25) is 5.91 Å². The van der Waals surface area contributed by atoms with Crippen LogP contribution in [0, 0.1) is 0 Å². The molecule has 2 aliphatic heterocycles. The molecule has 1 aromatic rings. The second-order valence-electron chi connectivity index (χ2n) is 4.43. The number of amides is 1. The smallest absolute Gasteiger partial charge is 0.227 e. The Bertz CT molecular complexity index is 395. The maximum Gasteiger partial charge on any atom is 0.227 e. The molecule has 2 aliphatic rings. The molecular weight excluding hydrogens is 220 g/mol. The molecule has 0 aliphatic carbocycles. The first-order chi connectivity index (χ1) is 7.83. The summed E-state index contributed by atoms with van der Waals surface area (Å²) in [7, 11) is 0. The number of carbonyl (C=O) groups excluding carboxylic acids is 1. The van der Waals surface area contributed by atoms with Gasteiger partial charge in [-0.2, -0.15) is 11.8 Å². The summed E-state index contributed by atoms with van der Waals surface area (Å²) in [5.41, 5.74) is 1.02. The molecule has 84 valence electrons. The van der Waals surface area contributed by atoms with Gasteiger partial charge in [-0.3, -0.25) is 9.78 Å². The van der Waals surface area contributed by atoms with Crippen LogP contribution in [0.25, 0.3) is 0 Å². The van der Waals surface area contributed by atoms with E-state index < -0.39 is 0 Å². The van der Waals surface area contributed by atoms with Gasteiger partial charge in [0.1, 0.15) is 0 Å². The number of rotatable bonds is 2. The molecule has 2 bridgehead atoms. The van der Waals surface area contributed by atoms with Crippen molar-refractivity contribution in [3.8, 4) is 0 Å². The number of nitrogens with zero attached hydrogens (tertiary/aromatic N) is 2. The van der Waals surface area contributed by atoms with Gasteiger partial charge in [0.15, 0.2) is 0 Å². The Balaban J connectivity index is 1.66. The molecule has 1 amide bonds. The first kappa shape index (κ1) is 10.1. The maximum absolute atomic E-state index is 12.1. The Hall–Kier alpha value is -1.03. The average Bonchev–Trinajstić information content (AvgIpc) is 2.92. The summed E-state index contributed by atoms with van der Waals surface area (Å²) < 4.78 is 0. The van der Waals surface area contributed by atoms with Crippen molar-refractivity contribution >= 4 is 17.7 Å². The third kappa shape index (κ3) is 1.82. The summed E-state index contributed by atoms with van der Waals surface area (Å²) in [6, 6.07) is 4.35. The molecule has 3 heterocycles. The van der Waals surface area contributed by atoms with E-state index in [0.717, 1.165) is 17.9 Å². The fourth-order valence-electron chi connectivity index (χ4n) is 2.48. The molecule has 2 saturated heterocycles. The highest BCUT2D eigenvalue weighted by Crippen LogP contribution is 2.37. The van der Waals surface area contributed by atoms with Crippen molar-refractivity contribution in [2.45, 2.75) is 24.1 Å². The van der Waals surface area contributed by atoms with E-state index in [2.05, 4.69) is 9.88 Å². The zero-order valence-corrected chi connectivity index (χ0v) is 9.82. The van der Waals surface area contributed by atoms with Crippen LogP contribution in [0.3, 0.4) is 0 Å². The molecule has 0 N–H and O–H groups in total. The summed E-state index contributed by atoms with van der Waals surface area (Å²) >= 11 is 2.01. The summed E-state index contributed by atoms with van der Waals surface area (Å²) in [6.07, 6.45) is 5.22. The lowest BCUT2D eigenvalue weighted by atomic mass is 10.2.